The molecule has 2 N–H and O–H groups in total. The largest absolute Gasteiger partial charge is 0.379 e. The number of aromatic nitrogens is 2. The molecule has 1 fully saturated rings. The average Bonchev–Trinajstić information content (AvgIpc) is 2.94. The van der Waals surface area contributed by atoms with E-state index >= 15 is 0 Å². The monoisotopic (exact) mass is 283 g/mol. The third kappa shape index (κ3) is 2.73. The molecule has 20 heavy (non-hydrogen) atoms. The molecule has 1 saturated heterocycles. The Morgan fingerprint density at radius 2 is 2.20 bits per heavy atom. The Bertz CT molecular complexity index is 455. The highest BCUT2D eigenvalue weighted by atomic mass is 16.5. The molecule has 2 rings (SSSR count). The highest BCUT2D eigenvalue weighted by Gasteiger charge is 2.45. The number of ether oxygens (including phenoxy) is 2. The van der Waals surface area contributed by atoms with Gasteiger partial charge in [-0.2, -0.15) is 4.98 Å². The van der Waals surface area contributed by atoms with Crippen LogP contribution >= 0.6 is 0 Å². The smallest absolute Gasteiger partial charge is 0.236 e. The van der Waals surface area contributed by atoms with Crippen molar-refractivity contribution in [1.29, 1.82) is 0 Å². The number of hydrogen-bond donors (Lipinski definition) is 1. The number of hydrogen-bond acceptors (Lipinski definition) is 6. The lowest BCUT2D eigenvalue weighted by Gasteiger charge is -2.27. The fourth-order valence-corrected chi connectivity index (χ4v) is 2.36. The van der Waals surface area contributed by atoms with Crippen LogP contribution in [-0.2, 0) is 14.9 Å². The van der Waals surface area contributed by atoms with Gasteiger partial charge in [-0.3, -0.25) is 0 Å². The van der Waals surface area contributed by atoms with Crippen molar-refractivity contribution in [3.8, 4) is 0 Å². The first kappa shape index (κ1) is 15.4. The first-order chi connectivity index (χ1) is 9.29. The van der Waals surface area contributed by atoms with Crippen LogP contribution in [-0.4, -0.2) is 36.0 Å². The lowest BCUT2D eigenvalue weighted by atomic mass is 9.85. The van der Waals surface area contributed by atoms with Gasteiger partial charge in [0.15, 0.2) is 0 Å². The highest BCUT2D eigenvalue weighted by molar-refractivity contribution is 5.12. The molecule has 1 aromatic rings. The number of nitrogens with two attached hydrogens (primary N) is 1. The second-order valence-electron chi connectivity index (χ2n) is 6.70. The minimum absolute atomic E-state index is 0.105. The third-order valence-electron chi connectivity index (χ3n) is 3.80. The van der Waals surface area contributed by atoms with Crippen molar-refractivity contribution in [2.75, 3.05) is 19.8 Å². The predicted octanol–water partition coefficient (Wildman–Crippen LogP) is 1.81. The van der Waals surface area contributed by atoms with Gasteiger partial charge < -0.3 is 19.7 Å². The third-order valence-corrected chi connectivity index (χ3v) is 3.80. The molecule has 6 heteroatoms. The first-order valence-corrected chi connectivity index (χ1v) is 7.08. The van der Waals surface area contributed by atoms with Crippen molar-refractivity contribution < 1.29 is 14.0 Å². The number of nitrogens with zero attached hydrogens (tertiary/aromatic N) is 2. The van der Waals surface area contributed by atoms with E-state index in [1.165, 1.54) is 0 Å². The molecule has 0 aromatic carbocycles. The van der Waals surface area contributed by atoms with Crippen LogP contribution in [0.2, 0.25) is 0 Å². The van der Waals surface area contributed by atoms with Crippen LogP contribution in [0.15, 0.2) is 4.52 Å². The van der Waals surface area contributed by atoms with Crippen molar-refractivity contribution in [3.63, 3.8) is 0 Å². The molecular weight excluding hydrogens is 258 g/mol. The quantitative estimate of drug-likeness (QED) is 0.907. The topological polar surface area (TPSA) is 83.4 Å². The van der Waals surface area contributed by atoms with Crippen LogP contribution in [0.25, 0.3) is 0 Å². The summed E-state index contributed by atoms with van der Waals surface area (Å²) in [6, 6.07) is -0.129. The lowest BCUT2D eigenvalue weighted by molar-refractivity contribution is -0.0203. The summed E-state index contributed by atoms with van der Waals surface area (Å²) in [7, 11) is 0. The minimum Gasteiger partial charge on any atom is -0.379 e. The zero-order chi connectivity index (χ0) is 15.0. The normalized spacial score (nSPS) is 28.8. The van der Waals surface area contributed by atoms with Crippen LogP contribution in [0.5, 0.6) is 0 Å². The summed E-state index contributed by atoms with van der Waals surface area (Å²) in [5.74, 6) is 1.11. The Morgan fingerprint density at radius 1 is 1.50 bits per heavy atom. The molecule has 2 heterocycles. The van der Waals surface area contributed by atoms with E-state index < -0.39 is 5.41 Å². The van der Waals surface area contributed by atoms with Gasteiger partial charge in [-0.1, -0.05) is 25.9 Å². The number of rotatable bonds is 4. The Hall–Kier alpha value is -0.980. The lowest BCUT2D eigenvalue weighted by Crippen LogP contribution is -2.42. The zero-order valence-corrected chi connectivity index (χ0v) is 13.0. The van der Waals surface area contributed by atoms with Gasteiger partial charge >= 0.3 is 0 Å². The highest BCUT2D eigenvalue weighted by Crippen LogP contribution is 2.37. The van der Waals surface area contributed by atoms with Crippen LogP contribution < -0.4 is 5.73 Å². The fourth-order valence-electron chi connectivity index (χ4n) is 2.36. The van der Waals surface area contributed by atoms with Crippen molar-refractivity contribution in [1.82, 2.24) is 10.1 Å². The van der Waals surface area contributed by atoms with Crippen molar-refractivity contribution in [2.45, 2.75) is 52.2 Å². The summed E-state index contributed by atoms with van der Waals surface area (Å²) in [5, 5.41) is 4.10. The van der Waals surface area contributed by atoms with Gasteiger partial charge in [-0.25, -0.2) is 0 Å². The summed E-state index contributed by atoms with van der Waals surface area (Å²) in [4.78, 5) is 4.54. The predicted molar refractivity (Wildman–Crippen MR) is 74.3 cm³/mol. The second-order valence-corrected chi connectivity index (χ2v) is 6.70. The molecule has 3 unspecified atom stereocenters. The minimum atomic E-state index is -0.417. The maximum Gasteiger partial charge on any atom is 0.236 e. The summed E-state index contributed by atoms with van der Waals surface area (Å²) in [6.45, 7) is 11.9. The molecule has 0 bridgehead atoms. The van der Waals surface area contributed by atoms with E-state index in [1.54, 1.807) is 0 Å². The average molecular weight is 283 g/mol. The van der Waals surface area contributed by atoms with E-state index in [9.17, 15) is 0 Å². The Morgan fingerprint density at radius 3 is 2.70 bits per heavy atom. The summed E-state index contributed by atoms with van der Waals surface area (Å²) < 4.78 is 16.7. The van der Waals surface area contributed by atoms with Gasteiger partial charge in [0.05, 0.1) is 18.6 Å². The van der Waals surface area contributed by atoms with Crippen molar-refractivity contribution >= 4 is 0 Å². The van der Waals surface area contributed by atoms with Crippen LogP contribution in [0, 0.1) is 5.41 Å². The van der Waals surface area contributed by atoms with E-state index in [2.05, 4.69) is 30.9 Å². The standard InChI is InChI=1S/C14H25N3O3/c1-6-19-10(13(2,3)4)11-16-12(20-17-11)14(5)8-18-7-9(14)15/h9-10H,6-8,15H2,1-5H3. The molecule has 3 atom stereocenters. The molecule has 1 aliphatic rings. The molecule has 114 valence electrons. The SMILES string of the molecule is CCOC(c1noc(C2(C)COCC2N)n1)C(C)(C)C. The molecule has 0 aliphatic carbocycles. The molecule has 1 aromatic heterocycles. The molecule has 6 nitrogen and oxygen atoms in total. The Balaban J connectivity index is 2.28. The summed E-state index contributed by atoms with van der Waals surface area (Å²) >= 11 is 0. The van der Waals surface area contributed by atoms with Gasteiger partial charge in [0.1, 0.15) is 6.10 Å². The van der Waals surface area contributed by atoms with Gasteiger partial charge in [0.25, 0.3) is 0 Å². The van der Waals surface area contributed by atoms with Gasteiger partial charge in [-0.15, -0.1) is 0 Å². The molecule has 0 saturated carbocycles. The van der Waals surface area contributed by atoms with E-state index in [0.29, 0.717) is 31.5 Å². The van der Waals surface area contributed by atoms with Gasteiger partial charge in [0.2, 0.25) is 11.7 Å². The zero-order valence-electron chi connectivity index (χ0n) is 13.0. The van der Waals surface area contributed by atoms with Crippen molar-refractivity contribution in [3.05, 3.63) is 11.7 Å². The maximum atomic E-state index is 6.09. The van der Waals surface area contributed by atoms with Gasteiger partial charge in [-0.05, 0) is 19.3 Å². The van der Waals surface area contributed by atoms with E-state index in [4.69, 9.17) is 19.7 Å². The molecular formula is C14H25N3O3. The summed E-state index contributed by atoms with van der Waals surface area (Å²) in [6.07, 6.45) is -0.202. The van der Waals surface area contributed by atoms with Crippen LogP contribution in [0.4, 0.5) is 0 Å². The van der Waals surface area contributed by atoms with E-state index in [1.807, 2.05) is 13.8 Å². The Labute approximate surface area is 120 Å². The van der Waals surface area contributed by atoms with Crippen LogP contribution in [0.3, 0.4) is 0 Å². The molecule has 1 aliphatic heterocycles. The molecule has 0 radical (unpaired) electrons. The van der Waals surface area contributed by atoms with E-state index in [-0.39, 0.29) is 17.6 Å². The fraction of sp³-hybridized carbons (Fsp3) is 0.857. The van der Waals surface area contributed by atoms with Crippen molar-refractivity contribution in [2.24, 2.45) is 11.1 Å². The summed E-state index contributed by atoms with van der Waals surface area (Å²) in [5.41, 5.74) is 5.57. The maximum absolute atomic E-state index is 6.09. The van der Waals surface area contributed by atoms with E-state index in [0.717, 1.165) is 0 Å². The molecule has 0 amide bonds. The second kappa shape index (κ2) is 5.42. The Kier molecular flexibility index (Phi) is 4.18. The molecule has 0 spiro atoms. The first-order valence-electron chi connectivity index (χ1n) is 7.08. The van der Waals surface area contributed by atoms with Crippen LogP contribution in [0.1, 0.15) is 52.4 Å². The van der Waals surface area contributed by atoms with Gasteiger partial charge in [0, 0.05) is 12.6 Å².